The molecule has 7 aromatic carbocycles. The van der Waals surface area contributed by atoms with Crippen molar-refractivity contribution in [1.29, 1.82) is 0 Å². The van der Waals surface area contributed by atoms with Crippen molar-refractivity contribution in [2.45, 2.75) is 27.2 Å². The summed E-state index contributed by atoms with van der Waals surface area (Å²) >= 11 is 0. The van der Waals surface area contributed by atoms with Crippen molar-refractivity contribution in [3.05, 3.63) is 175 Å². The van der Waals surface area contributed by atoms with Crippen LogP contribution >= 0.6 is 0 Å². The van der Waals surface area contributed by atoms with Gasteiger partial charge in [0.25, 0.3) is 0 Å². The van der Waals surface area contributed by atoms with Crippen LogP contribution in [0.1, 0.15) is 24.5 Å². The Kier molecular flexibility index (Phi) is 7.34. The first-order chi connectivity index (χ1) is 23.0. The van der Waals surface area contributed by atoms with Crippen LogP contribution in [0.4, 0.5) is 28.4 Å². The minimum absolute atomic E-state index is 0.476. The summed E-state index contributed by atoms with van der Waals surface area (Å²) in [7, 11) is 0. The van der Waals surface area contributed by atoms with Crippen LogP contribution < -0.4 is 9.80 Å². The van der Waals surface area contributed by atoms with Gasteiger partial charge in [-0.15, -0.1) is 0 Å². The second-order valence-corrected chi connectivity index (χ2v) is 12.9. The average molecular weight is 607 g/mol. The molecule has 0 N–H and O–H groups in total. The molecular weight excluding hydrogens is 569 g/mol. The lowest BCUT2D eigenvalue weighted by Crippen LogP contribution is -2.19. The molecular formula is C45H38N2. The lowest BCUT2D eigenvalue weighted by atomic mass is 9.92. The maximum atomic E-state index is 2.49. The lowest BCUT2D eigenvalue weighted by Gasteiger charge is -2.32. The van der Waals surface area contributed by atoms with E-state index in [0.717, 1.165) is 17.8 Å². The summed E-state index contributed by atoms with van der Waals surface area (Å²) in [6.45, 7) is 6.60. The Morgan fingerprint density at radius 2 is 0.915 bits per heavy atom. The molecule has 0 fully saturated rings. The topological polar surface area (TPSA) is 6.48 Å². The van der Waals surface area contributed by atoms with E-state index in [2.05, 4.69) is 188 Å². The Hall–Kier alpha value is -5.60. The fraction of sp³-hybridized carbons (Fsp3) is 0.111. The third-order valence-corrected chi connectivity index (χ3v) is 9.47. The summed E-state index contributed by atoms with van der Waals surface area (Å²) in [6.07, 6.45) is 7.80. The Morgan fingerprint density at radius 3 is 1.45 bits per heavy atom. The van der Waals surface area contributed by atoms with Crippen LogP contribution in [0.3, 0.4) is 0 Å². The molecule has 7 aromatic rings. The molecule has 1 aliphatic carbocycles. The van der Waals surface area contributed by atoms with Crippen molar-refractivity contribution in [1.82, 2.24) is 0 Å². The van der Waals surface area contributed by atoms with Crippen LogP contribution in [0, 0.1) is 19.8 Å². The van der Waals surface area contributed by atoms with Crippen LogP contribution in [0.2, 0.25) is 0 Å². The molecule has 0 radical (unpaired) electrons. The van der Waals surface area contributed by atoms with Gasteiger partial charge in [-0.2, -0.15) is 0 Å². The van der Waals surface area contributed by atoms with Crippen molar-refractivity contribution >= 4 is 60.8 Å². The molecule has 47 heavy (non-hydrogen) atoms. The first-order valence-electron chi connectivity index (χ1n) is 16.6. The molecule has 0 saturated carbocycles. The zero-order valence-electron chi connectivity index (χ0n) is 27.2. The third-order valence-electron chi connectivity index (χ3n) is 9.47. The normalized spacial score (nSPS) is 14.4. The van der Waals surface area contributed by atoms with E-state index in [1.54, 1.807) is 0 Å². The average Bonchev–Trinajstić information content (AvgIpc) is 3.11. The number of para-hydroxylation sites is 1. The van der Waals surface area contributed by atoms with Crippen molar-refractivity contribution in [2.24, 2.45) is 5.92 Å². The fourth-order valence-corrected chi connectivity index (χ4v) is 7.12. The van der Waals surface area contributed by atoms with E-state index in [0.29, 0.717) is 5.92 Å². The monoisotopic (exact) mass is 606 g/mol. The summed E-state index contributed by atoms with van der Waals surface area (Å²) in [5.74, 6) is 0.476. The van der Waals surface area contributed by atoms with Gasteiger partial charge in [-0.1, -0.05) is 121 Å². The van der Waals surface area contributed by atoms with Gasteiger partial charge in [0.1, 0.15) is 0 Å². The van der Waals surface area contributed by atoms with Gasteiger partial charge in [0.2, 0.25) is 0 Å². The molecule has 0 aliphatic heterocycles. The quantitative estimate of drug-likeness (QED) is 0.174. The Labute approximate surface area is 277 Å². The smallest absolute Gasteiger partial charge is 0.0546 e. The molecule has 1 aliphatic rings. The molecule has 2 heteroatoms. The number of aryl methyl sites for hydroxylation is 2. The summed E-state index contributed by atoms with van der Waals surface area (Å²) in [4.78, 5) is 4.90. The fourth-order valence-electron chi connectivity index (χ4n) is 7.12. The highest BCUT2D eigenvalue weighted by molar-refractivity contribution is 6.24. The zero-order chi connectivity index (χ0) is 31.9. The summed E-state index contributed by atoms with van der Waals surface area (Å²) < 4.78 is 0. The molecule has 0 amide bonds. The second kappa shape index (κ2) is 12.0. The Balaban J connectivity index is 1.45. The maximum Gasteiger partial charge on any atom is 0.0546 e. The largest absolute Gasteiger partial charge is 0.314 e. The summed E-state index contributed by atoms with van der Waals surface area (Å²) in [5.41, 5.74) is 9.67. The van der Waals surface area contributed by atoms with Crippen LogP contribution in [-0.4, -0.2) is 0 Å². The highest BCUT2D eigenvalue weighted by atomic mass is 15.2. The predicted molar refractivity (Wildman–Crippen MR) is 203 cm³/mol. The standard InChI is InChI=1S/C45H38N2/c1-31-20-24-35(25-21-31)46(34-13-5-4-6-14-34)44-29-42-39-17-8-10-19-41(39)45(30-43(42)38-16-7-9-18-40(38)44)47(36-26-22-32(2)23-27-36)37-15-11-12-33(3)28-37/h4-27,29-30,33H,28H2,1-3H3. The number of rotatable bonds is 6. The Bertz CT molecular complexity index is 2290. The molecule has 1 atom stereocenters. The number of allylic oxidation sites excluding steroid dienone is 4. The summed E-state index contributed by atoms with van der Waals surface area (Å²) in [6, 6.07) is 51.3. The highest BCUT2D eigenvalue weighted by Crippen LogP contribution is 2.47. The van der Waals surface area contributed by atoms with E-state index in [9.17, 15) is 0 Å². The second-order valence-electron chi connectivity index (χ2n) is 12.9. The minimum Gasteiger partial charge on any atom is -0.314 e. The maximum absolute atomic E-state index is 2.49. The van der Waals surface area contributed by atoms with E-state index >= 15 is 0 Å². The number of fused-ring (bicyclic) bond motifs is 5. The number of hydrogen-bond donors (Lipinski definition) is 0. The van der Waals surface area contributed by atoms with Crippen LogP contribution in [-0.2, 0) is 0 Å². The van der Waals surface area contributed by atoms with Crippen LogP contribution in [0.25, 0.3) is 32.3 Å². The predicted octanol–water partition coefficient (Wildman–Crippen LogP) is 12.9. The van der Waals surface area contributed by atoms with Gasteiger partial charge >= 0.3 is 0 Å². The van der Waals surface area contributed by atoms with Crippen LogP contribution in [0.5, 0.6) is 0 Å². The number of hydrogen-bond acceptors (Lipinski definition) is 2. The molecule has 0 heterocycles. The lowest BCUT2D eigenvalue weighted by molar-refractivity contribution is 0.696. The third kappa shape index (κ3) is 5.26. The molecule has 1 unspecified atom stereocenters. The van der Waals surface area contributed by atoms with Gasteiger partial charge in [0, 0.05) is 33.5 Å². The summed E-state index contributed by atoms with van der Waals surface area (Å²) in [5, 5.41) is 7.47. The van der Waals surface area contributed by atoms with Crippen LogP contribution in [0.15, 0.2) is 163 Å². The molecule has 0 aromatic heterocycles. The van der Waals surface area contributed by atoms with Crippen molar-refractivity contribution in [3.8, 4) is 0 Å². The van der Waals surface area contributed by atoms with E-state index < -0.39 is 0 Å². The van der Waals surface area contributed by atoms with E-state index in [-0.39, 0.29) is 0 Å². The van der Waals surface area contributed by atoms with E-state index in [4.69, 9.17) is 0 Å². The number of nitrogens with zero attached hydrogens (tertiary/aromatic N) is 2. The molecule has 228 valence electrons. The van der Waals surface area contributed by atoms with E-state index in [1.165, 1.54) is 66.2 Å². The van der Waals surface area contributed by atoms with Crippen molar-refractivity contribution < 1.29 is 0 Å². The van der Waals surface area contributed by atoms with Gasteiger partial charge in [-0.3, -0.25) is 0 Å². The molecule has 0 bridgehead atoms. The van der Waals surface area contributed by atoms with Gasteiger partial charge in [-0.05, 0) is 102 Å². The molecule has 0 saturated heterocycles. The van der Waals surface area contributed by atoms with Gasteiger partial charge in [0.15, 0.2) is 0 Å². The molecule has 2 nitrogen and oxygen atoms in total. The van der Waals surface area contributed by atoms with Crippen molar-refractivity contribution in [3.63, 3.8) is 0 Å². The first kappa shape index (κ1) is 28.8. The molecule has 8 rings (SSSR count). The Morgan fingerprint density at radius 1 is 0.468 bits per heavy atom. The number of anilines is 5. The first-order valence-corrected chi connectivity index (χ1v) is 16.6. The molecule has 0 spiro atoms. The zero-order valence-corrected chi connectivity index (χ0v) is 27.2. The van der Waals surface area contributed by atoms with Gasteiger partial charge in [0.05, 0.1) is 11.4 Å². The van der Waals surface area contributed by atoms with Gasteiger partial charge in [-0.25, -0.2) is 0 Å². The van der Waals surface area contributed by atoms with Gasteiger partial charge < -0.3 is 9.80 Å². The SMILES string of the molecule is Cc1ccc(N(C2=CC=CC(C)C2)c2cc3c4ccccc4c(N(c4ccccc4)c4ccc(C)cc4)cc3c3ccccc23)cc1. The number of benzene rings is 7. The highest BCUT2D eigenvalue weighted by Gasteiger charge is 2.23. The van der Waals surface area contributed by atoms with Crippen molar-refractivity contribution in [2.75, 3.05) is 9.80 Å². The minimum atomic E-state index is 0.476. The van der Waals surface area contributed by atoms with E-state index in [1.807, 2.05) is 0 Å².